The number of nitrogens with one attached hydrogen (secondary N) is 1. The van der Waals surface area contributed by atoms with E-state index in [0.717, 1.165) is 10.8 Å². The summed E-state index contributed by atoms with van der Waals surface area (Å²) < 4.78 is 16.3. The molecule has 0 saturated carbocycles. The Bertz CT molecular complexity index is 1390. The smallest absolute Gasteiger partial charge is 0.408 e. The third-order valence-electron chi connectivity index (χ3n) is 4.84. The van der Waals surface area contributed by atoms with Crippen LogP contribution in [0.5, 0.6) is 5.75 Å². The number of rotatable bonds is 4. The molecule has 3 aromatic carbocycles. The van der Waals surface area contributed by atoms with Crippen LogP contribution in [0.3, 0.4) is 0 Å². The van der Waals surface area contributed by atoms with Crippen LogP contribution in [0.2, 0.25) is 0 Å². The summed E-state index contributed by atoms with van der Waals surface area (Å²) in [4.78, 5) is 37.7. The maximum atomic E-state index is 13.0. The van der Waals surface area contributed by atoms with Crippen molar-refractivity contribution in [1.82, 2.24) is 5.32 Å². The average Bonchev–Trinajstić information content (AvgIpc) is 2.77. The Morgan fingerprint density at radius 2 is 1.55 bits per heavy atom. The lowest BCUT2D eigenvalue weighted by atomic mass is 10.1. The highest BCUT2D eigenvalue weighted by Crippen LogP contribution is 2.27. The summed E-state index contributed by atoms with van der Waals surface area (Å²) in [5.74, 6) is -0.535. The number of amides is 1. The Kier molecular flexibility index (Phi) is 5.87. The Morgan fingerprint density at radius 3 is 2.24 bits per heavy atom. The lowest BCUT2D eigenvalue weighted by Gasteiger charge is -2.23. The molecule has 168 valence electrons. The second-order valence-corrected chi connectivity index (χ2v) is 8.50. The van der Waals surface area contributed by atoms with Gasteiger partial charge < -0.3 is 19.2 Å². The summed E-state index contributed by atoms with van der Waals surface area (Å²) in [7, 11) is 0. The van der Waals surface area contributed by atoms with Gasteiger partial charge in [-0.25, -0.2) is 14.4 Å². The van der Waals surface area contributed by atoms with Crippen molar-refractivity contribution in [2.75, 3.05) is 0 Å². The Hall–Kier alpha value is -4.13. The van der Waals surface area contributed by atoms with Gasteiger partial charge in [-0.3, -0.25) is 0 Å². The number of carbonyl (C=O) groups is 2. The Balaban J connectivity index is 1.64. The molecule has 7 heteroatoms. The maximum absolute atomic E-state index is 13.0. The minimum absolute atomic E-state index is 0.179. The summed E-state index contributed by atoms with van der Waals surface area (Å²) in [6.07, 6.45) is -0.746. The molecule has 0 bridgehead atoms. The summed E-state index contributed by atoms with van der Waals surface area (Å²) in [5, 5.41) is 4.51. The van der Waals surface area contributed by atoms with E-state index in [-0.39, 0.29) is 5.75 Å². The Labute approximate surface area is 189 Å². The molecule has 1 atom stereocenters. The number of alkyl carbamates (subject to hydrolysis) is 1. The SMILES string of the molecule is CC(C)(C)OC(=O)NC(C(=O)Oc1ccc2c(c1)oc(=O)c1ccccc12)c1ccccc1. The second kappa shape index (κ2) is 8.78. The van der Waals surface area contributed by atoms with Gasteiger partial charge in [0.15, 0.2) is 6.04 Å². The van der Waals surface area contributed by atoms with Gasteiger partial charge in [0.2, 0.25) is 0 Å². The van der Waals surface area contributed by atoms with E-state index in [2.05, 4.69) is 5.32 Å². The van der Waals surface area contributed by atoms with Gasteiger partial charge in [0.05, 0.1) is 5.39 Å². The predicted octanol–water partition coefficient (Wildman–Crippen LogP) is 5.12. The summed E-state index contributed by atoms with van der Waals surface area (Å²) in [6.45, 7) is 5.19. The van der Waals surface area contributed by atoms with Gasteiger partial charge >= 0.3 is 17.7 Å². The largest absolute Gasteiger partial charge is 0.444 e. The van der Waals surface area contributed by atoms with Crippen LogP contribution < -0.4 is 15.7 Å². The summed E-state index contributed by atoms with van der Waals surface area (Å²) in [5.41, 5.74) is -0.379. The normalized spacial score (nSPS) is 12.3. The molecular formula is C26H23NO6. The van der Waals surface area contributed by atoms with Gasteiger partial charge in [0, 0.05) is 11.5 Å². The first kappa shape index (κ1) is 22.1. The van der Waals surface area contributed by atoms with Crippen molar-refractivity contribution in [3.8, 4) is 5.75 Å². The number of fused-ring (bicyclic) bond motifs is 3. The van der Waals surface area contributed by atoms with Gasteiger partial charge in [0.1, 0.15) is 16.9 Å². The average molecular weight is 445 g/mol. The van der Waals surface area contributed by atoms with Crippen LogP contribution in [-0.4, -0.2) is 17.7 Å². The van der Waals surface area contributed by atoms with Gasteiger partial charge in [-0.1, -0.05) is 48.5 Å². The van der Waals surface area contributed by atoms with Crippen LogP contribution >= 0.6 is 0 Å². The number of ether oxygens (including phenoxy) is 2. The predicted molar refractivity (Wildman–Crippen MR) is 124 cm³/mol. The first-order chi connectivity index (χ1) is 15.7. The van der Waals surface area contributed by atoms with E-state index in [1.807, 2.05) is 12.1 Å². The minimum atomic E-state index is -1.10. The molecule has 0 aliphatic heterocycles. The highest BCUT2D eigenvalue weighted by atomic mass is 16.6. The quantitative estimate of drug-likeness (QED) is 0.203. The first-order valence-electron chi connectivity index (χ1n) is 10.4. The molecule has 1 amide bonds. The van der Waals surface area contributed by atoms with Crippen molar-refractivity contribution in [1.29, 1.82) is 0 Å². The van der Waals surface area contributed by atoms with E-state index in [1.54, 1.807) is 75.4 Å². The number of hydrogen-bond acceptors (Lipinski definition) is 6. The topological polar surface area (TPSA) is 94.8 Å². The van der Waals surface area contributed by atoms with E-state index >= 15 is 0 Å². The molecule has 0 saturated heterocycles. The molecule has 4 aromatic rings. The van der Waals surface area contributed by atoms with Gasteiger partial charge in [0.25, 0.3) is 0 Å². The van der Waals surface area contributed by atoms with Crippen LogP contribution in [0.1, 0.15) is 32.4 Å². The van der Waals surface area contributed by atoms with Crippen molar-refractivity contribution in [2.24, 2.45) is 0 Å². The molecule has 33 heavy (non-hydrogen) atoms. The van der Waals surface area contributed by atoms with E-state index in [9.17, 15) is 14.4 Å². The van der Waals surface area contributed by atoms with Crippen molar-refractivity contribution < 1.29 is 23.5 Å². The Morgan fingerprint density at radius 1 is 0.879 bits per heavy atom. The molecule has 0 fully saturated rings. The number of carbonyl (C=O) groups excluding carboxylic acids is 2. The molecule has 0 aliphatic rings. The zero-order valence-corrected chi connectivity index (χ0v) is 18.5. The molecule has 7 nitrogen and oxygen atoms in total. The van der Waals surface area contributed by atoms with Crippen molar-refractivity contribution in [3.05, 3.63) is 88.8 Å². The third kappa shape index (κ3) is 5.03. The molecule has 0 radical (unpaired) electrons. The lowest BCUT2D eigenvalue weighted by molar-refractivity contribution is -0.137. The van der Waals surface area contributed by atoms with E-state index in [1.165, 1.54) is 6.07 Å². The maximum Gasteiger partial charge on any atom is 0.408 e. The summed E-state index contributed by atoms with van der Waals surface area (Å²) in [6, 6.07) is 19.6. The van der Waals surface area contributed by atoms with Crippen molar-refractivity contribution >= 4 is 33.8 Å². The van der Waals surface area contributed by atoms with Gasteiger partial charge in [-0.2, -0.15) is 0 Å². The van der Waals surface area contributed by atoms with E-state index in [0.29, 0.717) is 16.5 Å². The molecule has 1 N–H and O–H groups in total. The van der Waals surface area contributed by atoms with Crippen LogP contribution in [0.25, 0.3) is 21.7 Å². The fourth-order valence-electron chi connectivity index (χ4n) is 3.45. The third-order valence-corrected chi connectivity index (χ3v) is 4.84. The van der Waals surface area contributed by atoms with Gasteiger partial charge in [-0.15, -0.1) is 0 Å². The second-order valence-electron chi connectivity index (χ2n) is 8.50. The molecular weight excluding hydrogens is 422 g/mol. The standard InChI is InChI=1S/C26H23NO6/c1-26(2,3)33-25(30)27-22(16-9-5-4-6-10-16)24(29)31-17-13-14-19-18-11-7-8-12-20(18)23(28)32-21(19)15-17/h4-15,22H,1-3H3,(H,27,30). The molecule has 0 spiro atoms. The molecule has 0 aliphatic carbocycles. The van der Waals surface area contributed by atoms with Crippen molar-refractivity contribution in [2.45, 2.75) is 32.4 Å². The molecule has 1 aromatic heterocycles. The fraction of sp³-hybridized carbons (Fsp3) is 0.192. The number of benzene rings is 3. The highest BCUT2D eigenvalue weighted by molar-refractivity contribution is 6.04. The molecule has 1 heterocycles. The van der Waals surface area contributed by atoms with Crippen molar-refractivity contribution in [3.63, 3.8) is 0 Å². The number of esters is 1. The monoisotopic (exact) mass is 445 g/mol. The van der Waals surface area contributed by atoms with Crippen LogP contribution in [-0.2, 0) is 9.53 Å². The van der Waals surface area contributed by atoms with E-state index in [4.69, 9.17) is 13.9 Å². The molecule has 4 rings (SSSR count). The minimum Gasteiger partial charge on any atom is -0.444 e. The summed E-state index contributed by atoms with van der Waals surface area (Å²) >= 11 is 0. The zero-order valence-electron chi connectivity index (χ0n) is 18.5. The first-order valence-corrected chi connectivity index (χ1v) is 10.4. The number of hydrogen-bond donors (Lipinski definition) is 1. The van der Waals surface area contributed by atoms with Crippen LogP contribution in [0.15, 0.2) is 82.0 Å². The molecule has 1 unspecified atom stereocenters. The van der Waals surface area contributed by atoms with Gasteiger partial charge in [-0.05, 0) is 49.9 Å². The van der Waals surface area contributed by atoms with Crippen LogP contribution in [0, 0.1) is 0 Å². The van der Waals surface area contributed by atoms with Crippen LogP contribution in [0.4, 0.5) is 4.79 Å². The highest BCUT2D eigenvalue weighted by Gasteiger charge is 2.27. The van der Waals surface area contributed by atoms with E-state index < -0.39 is 29.3 Å². The fourth-order valence-corrected chi connectivity index (χ4v) is 3.45. The zero-order chi connectivity index (χ0) is 23.6. The lowest BCUT2D eigenvalue weighted by Crippen LogP contribution is -2.39.